The van der Waals surface area contributed by atoms with Gasteiger partial charge in [-0.25, -0.2) is 4.99 Å². The number of fused-ring (bicyclic) bond motifs is 1. The molecule has 0 saturated heterocycles. The lowest BCUT2D eigenvalue weighted by molar-refractivity contribution is 1.20. The smallest absolute Gasteiger partial charge is 0.103 e. The van der Waals surface area contributed by atoms with Gasteiger partial charge in [-0.2, -0.15) is 0 Å². The predicted octanol–water partition coefficient (Wildman–Crippen LogP) is 2.70. The average molecular weight is 172 g/mol. The molecular weight excluding hydrogens is 160 g/mol. The summed E-state index contributed by atoms with van der Waals surface area (Å²) in [7, 11) is 0. The molecule has 0 fully saturated rings. The summed E-state index contributed by atoms with van der Waals surface area (Å²) >= 11 is 0. The fourth-order valence-electron chi connectivity index (χ4n) is 1.50. The van der Waals surface area contributed by atoms with E-state index in [1.807, 2.05) is 32.0 Å². The highest BCUT2D eigenvalue weighted by Crippen LogP contribution is 2.27. The van der Waals surface area contributed by atoms with E-state index < -0.39 is 0 Å². The van der Waals surface area contributed by atoms with Crippen LogP contribution in [0.25, 0.3) is 5.70 Å². The Morgan fingerprint density at radius 2 is 2.08 bits per heavy atom. The highest BCUT2D eigenvalue weighted by molar-refractivity contribution is 5.96. The van der Waals surface area contributed by atoms with E-state index in [-0.39, 0.29) is 0 Å². The predicted molar refractivity (Wildman–Crippen MR) is 56.0 cm³/mol. The van der Waals surface area contributed by atoms with Crippen LogP contribution in [0.4, 0.5) is 5.69 Å². The molecule has 0 radical (unpaired) electrons. The highest BCUT2D eigenvalue weighted by Gasteiger charge is 2.11. The lowest BCUT2D eigenvalue weighted by Crippen LogP contribution is -2.21. The third kappa shape index (κ3) is 1.35. The molecule has 0 unspecified atom stereocenters. The fourth-order valence-corrected chi connectivity index (χ4v) is 1.50. The molecule has 0 saturated carbocycles. The van der Waals surface area contributed by atoms with Gasteiger partial charge in [0.05, 0.1) is 5.69 Å². The molecule has 13 heavy (non-hydrogen) atoms. The Bertz CT molecular complexity index is 389. The summed E-state index contributed by atoms with van der Waals surface area (Å²) in [4.78, 5) is 4.41. The fraction of sp³-hybridized carbons (Fsp3) is 0.182. The zero-order chi connectivity index (χ0) is 9.26. The van der Waals surface area contributed by atoms with Crippen LogP contribution in [-0.2, 0) is 0 Å². The van der Waals surface area contributed by atoms with Crippen molar-refractivity contribution < 1.29 is 0 Å². The van der Waals surface area contributed by atoms with E-state index in [0.29, 0.717) is 0 Å². The summed E-state index contributed by atoms with van der Waals surface area (Å²) < 4.78 is 0. The minimum Gasteiger partial charge on any atom is -0.344 e. The van der Waals surface area contributed by atoms with E-state index in [4.69, 9.17) is 0 Å². The first kappa shape index (κ1) is 8.05. The first-order valence-corrected chi connectivity index (χ1v) is 4.39. The van der Waals surface area contributed by atoms with Crippen LogP contribution in [0, 0.1) is 0 Å². The third-order valence-electron chi connectivity index (χ3n) is 2.09. The quantitative estimate of drug-likeness (QED) is 0.639. The zero-order valence-corrected chi connectivity index (χ0v) is 7.83. The SMILES string of the molecule is C/C=C1/NC(C)=Nc2ccccc21. The van der Waals surface area contributed by atoms with Gasteiger partial charge in [0.1, 0.15) is 5.84 Å². The lowest BCUT2D eigenvalue weighted by Gasteiger charge is -2.17. The zero-order valence-electron chi connectivity index (χ0n) is 7.83. The second-order valence-electron chi connectivity index (χ2n) is 3.04. The molecule has 0 bridgehead atoms. The van der Waals surface area contributed by atoms with Crippen LogP contribution in [0.3, 0.4) is 0 Å². The maximum atomic E-state index is 4.41. The number of hydrogen-bond donors (Lipinski definition) is 1. The average Bonchev–Trinajstić information content (AvgIpc) is 2.16. The Hall–Kier alpha value is -1.57. The number of benzene rings is 1. The van der Waals surface area contributed by atoms with Gasteiger partial charge >= 0.3 is 0 Å². The molecule has 0 spiro atoms. The van der Waals surface area contributed by atoms with Gasteiger partial charge in [0.2, 0.25) is 0 Å². The van der Waals surface area contributed by atoms with Gasteiger partial charge in [0, 0.05) is 11.3 Å². The van der Waals surface area contributed by atoms with Crippen LogP contribution < -0.4 is 5.32 Å². The first-order valence-electron chi connectivity index (χ1n) is 4.39. The van der Waals surface area contributed by atoms with E-state index in [9.17, 15) is 0 Å². The summed E-state index contributed by atoms with van der Waals surface area (Å²) in [6.45, 7) is 4.00. The molecule has 1 heterocycles. The number of allylic oxidation sites excluding steroid dienone is 1. The minimum absolute atomic E-state index is 0.951. The number of para-hydroxylation sites is 1. The standard InChI is InChI=1S/C11H12N2/c1-3-10-9-6-4-5-7-11(9)13-8(2)12-10/h3-7H,1-2H3,(H,12,13)/b10-3+. The Kier molecular flexibility index (Phi) is 1.89. The van der Waals surface area contributed by atoms with Crippen molar-refractivity contribution in [3.63, 3.8) is 0 Å². The number of aliphatic imine (C=N–C) groups is 1. The molecule has 0 amide bonds. The molecule has 66 valence electrons. The van der Waals surface area contributed by atoms with Crippen molar-refractivity contribution in [2.75, 3.05) is 0 Å². The number of nitrogens with one attached hydrogen (secondary N) is 1. The summed E-state index contributed by atoms with van der Waals surface area (Å²) in [6, 6.07) is 8.14. The molecule has 1 aromatic rings. The van der Waals surface area contributed by atoms with Gasteiger partial charge in [-0.05, 0) is 19.9 Å². The lowest BCUT2D eigenvalue weighted by atomic mass is 10.1. The van der Waals surface area contributed by atoms with E-state index >= 15 is 0 Å². The minimum atomic E-state index is 0.951. The van der Waals surface area contributed by atoms with Crippen LogP contribution in [0.1, 0.15) is 19.4 Å². The van der Waals surface area contributed by atoms with E-state index in [2.05, 4.69) is 22.5 Å². The largest absolute Gasteiger partial charge is 0.344 e. The number of hydrogen-bond acceptors (Lipinski definition) is 2. The van der Waals surface area contributed by atoms with Crippen LogP contribution in [0.2, 0.25) is 0 Å². The molecule has 0 aliphatic carbocycles. The van der Waals surface area contributed by atoms with E-state index in [1.54, 1.807) is 0 Å². The van der Waals surface area contributed by atoms with Gasteiger partial charge in [-0.15, -0.1) is 0 Å². The first-order chi connectivity index (χ1) is 6.31. The normalized spacial score (nSPS) is 17.7. The van der Waals surface area contributed by atoms with E-state index in [0.717, 1.165) is 17.2 Å². The maximum Gasteiger partial charge on any atom is 0.103 e. The van der Waals surface area contributed by atoms with Crippen molar-refractivity contribution >= 4 is 17.2 Å². The van der Waals surface area contributed by atoms with Gasteiger partial charge < -0.3 is 5.32 Å². The van der Waals surface area contributed by atoms with Crippen molar-refractivity contribution in [1.82, 2.24) is 5.32 Å². The monoisotopic (exact) mass is 172 g/mol. The van der Waals surface area contributed by atoms with Crippen LogP contribution in [0.5, 0.6) is 0 Å². The summed E-state index contributed by atoms with van der Waals surface area (Å²) in [6.07, 6.45) is 2.07. The second kappa shape index (κ2) is 3.05. The van der Waals surface area contributed by atoms with Crippen LogP contribution in [-0.4, -0.2) is 5.84 Å². The van der Waals surface area contributed by atoms with E-state index in [1.165, 1.54) is 5.56 Å². The highest BCUT2D eigenvalue weighted by atomic mass is 15.0. The van der Waals surface area contributed by atoms with Crippen molar-refractivity contribution in [3.8, 4) is 0 Å². The van der Waals surface area contributed by atoms with Crippen molar-refractivity contribution in [3.05, 3.63) is 35.9 Å². The van der Waals surface area contributed by atoms with Crippen LogP contribution in [0.15, 0.2) is 35.3 Å². The summed E-state index contributed by atoms with van der Waals surface area (Å²) in [5, 5.41) is 3.23. The molecule has 1 aliphatic rings. The molecule has 0 aromatic heterocycles. The Labute approximate surface area is 78.0 Å². The Morgan fingerprint density at radius 3 is 2.85 bits per heavy atom. The van der Waals surface area contributed by atoms with Gasteiger partial charge in [0.15, 0.2) is 0 Å². The summed E-state index contributed by atoms with van der Waals surface area (Å²) in [5.74, 6) is 0.951. The molecular formula is C11H12N2. The number of amidine groups is 1. The molecule has 1 aliphatic heterocycles. The summed E-state index contributed by atoms with van der Waals surface area (Å²) in [5.41, 5.74) is 3.37. The molecule has 2 nitrogen and oxygen atoms in total. The molecule has 2 heteroatoms. The number of rotatable bonds is 0. The van der Waals surface area contributed by atoms with Gasteiger partial charge in [0.25, 0.3) is 0 Å². The molecule has 2 rings (SSSR count). The van der Waals surface area contributed by atoms with Crippen molar-refractivity contribution in [2.24, 2.45) is 4.99 Å². The van der Waals surface area contributed by atoms with Gasteiger partial charge in [-0.3, -0.25) is 0 Å². The van der Waals surface area contributed by atoms with Gasteiger partial charge in [-0.1, -0.05) is 24.3 Å². The topological polar surface area (TPSA) is 24.4 Å². The second-order valence-corrected chi connectivity index (χ2v) is 3.04. The number of nitrogens with zero attached hydrogens (tertiary/aromatic N) is 1. The maximum absolute atomic E-state index is 4.41. The molecule has 0 atom stereocenters. The van der Waals surface area contributed by atoms with Crippen LogP contribution >= 0.6 is 0 Å². The van der Waals surface area contributed by atoms with Crippen molar-refractivity contribution in [2.45, 2.75) is 13.8 Å². The third-order valence-corrected chi connectivity index (χ3v) is 2.09. The Morgan fingerprint density at radius 1 is 1.31 bits per heavy atom. The van der Waals surface area contributed by atoms with Crippen molar-refractivity contribution in [1.29, 1.82) is 0 Å². The Balaban J connectivity index is 2.61. The molecule has 1 N–H and O–H groups in total. The molecule has 1 aromatic carbocycles.